The maximum absolute atomic E-state index is 13.9. The van der Waals surface area contributed by atoms with Crippen LogP contribution in [0.25, 0.3) is 0 Å². The van der Waals surface area contributed by atoms with Crippen molar-refractivity contribution in [3.05, 3.63) is 70.5 Å². The average Bonchev–Trinajstić information content (AvgIpc) is 2.43. The summed E-state index contributed by atoms with van der Waals surface area (Å²) in [6, 6.07) is 13.1. The number of benzene rings is 2. The summed E-state index contributed by atoms with van der Waals surface area (Å²) in [7, 11) is -3.51. The normalized spacial score (nSPS) is 11.1. The molecule has 2 rings (SSSR count). The first-order chi connectivity index (χ1) is 9.93. The highest BCUT2D eigenvalue weighted by Crippen LogP contribution is 2.19. The molecule has 0 aliphatic carbocycles. The fourth-order valence-electron chi connectivity index (χ4n) is 2.07. The maximum atomic E-state index is 13.9. The lowest BCUT2D eigenvalue weighted by molar-refractivity contribution is 0.585. The number of aryl methyl sites for hydroxylation is 1. The zero-order valence-electron chi connectivity index (χ0n) is 11.5. The van der Waals surface area contributed by atoms with Crippen LogP contribution in [0, 0.1) is 24.1 Å². The van der Waals surface area contributed by atoms with E-state index >= 15 is 0 Å². The SMILES string of the molecule is Cc1ccccc1CS(=O)(=O)Cc1cccc(C#N)c1F. The molecule has 0 unspecified atom stereocenters. The van der Waals surface area contributed by atoms with Crippen LogP contribution in [-0.2, 0) is 21.3 Å². The van der Waals surface area contributed by atoms with E-state index in [1.54, 1.807) is 18.2 Å². The van der Waals surface area contributed by atoms with Gasteiger partial charge in [-0.1, -0.05) is 36.4 Å². The Labute approximate surface area is 123 Å². The lowest BCUT2D eigenvalue weighted by Gasteiger charge is -2.08. The van der Waals surface area contributed by atoms with Gasteiger partial charge >= 0.3 is 0 Å². The number of nitriles is 1. The largest absolute Gasteiger partial charge is 0.228 e. The third kappa shape index (κ3) is 3.67. The van der Waals surface area contributed by atoms with Crippen LogP contribution in [0.2, 0.25) is 0 Å². The molecule has 2 aromatic carbocycles. The minimum atomic E-state index is -3.51. The first-order valence-electron chi connectivity index (χ1n) is 6.35. The summed E-state index contributed by atoms with van der Waals surface area (Å²) in [4.78, 5) is 0. The Kier molecular flexibility index (Phi) is 4.39. The van der Waals surface area contributed by atoms with Gasteiger partial charge in [-0.15, -0.1) is 0 Å². The fraction of sp³-hybridized carbons (Fsp3) is 0.188. The van der Waals surface area contributed by atoms with Gasteiger partial charge in [0.25, 0.3) is 0 Å². The van der Waals surface area contributed by atoms with E-state index in [1.165, 1.54) is 18.2 Å². The first kappa shape index (κ1) is 15.2. The Morgan fingerprint density at radius 2 is 1.67 bits per heavy atom. The monoisotopic (exact) mass is 303 g/mol. The molecule has 0 fully saturated rings. The summed E-state index contributed by atoms with van der Waals surface area (Å²) in [6.45, 7) is 1.84. The predicted molar refractivity (Wildman–Crippen MR) is 78.6 cm³/mol. The van der Waals surface area contributed by atoms with Crippen LogP contribution >= 0.6 is 0 Å². The summed E-state index contributed by atoms with van der Waals surface area (Å²) >= 11 is 0. The third-order valence-corrected chi connectivity index (χ3v) is 4.71. The number of sulfone groups is 1. The molecule has 0 bridgehead atoms. The van der Waals surface area contributed by atoms with Gasteiger partial charge in [0.2, 0.25) is 0 Å². The van der Waals surface area contributed by atoms with E-state index in [-0.39, 0.29) is 16.9 Å². The van der Waals surface area contributed by atoms with Crippen molar-refractivity contribution in [2.75, 3.05) is 0 Å². The zero-order chi connectivity index (χ0) is 15.5. The Hall–Kier alpha value is -2.19. The van der Waals surface area contributed by atoms with Crippen LogP contribution in [0.1, 0.15) is 22.3 Å². The first-order valence-corrected chi connectivity index (χ1v) is 8.17. The molecule has 21 heavy (non-hydrogen) atoms. The molecule has 0 aromatic heterocycles. The standard InChI is InChI=1S/C16H14FNO2S/c1-12-5-2-3-6-14(12)10-21(19,20)11-15-8-4-7-13(9-18)16(15)17/h2-8H,10-11H2,1H3. The summed E-state index contributed by atoms with van der Waals surface area (Å²) < 4.78 is 38.4. The van der Waals surface area contributed by atoms with E-state index in [1.807, 2.05) is 19.1 Å². The van der Waals surface area contributed by atoms with Crippen molar-refractivity contribution < 1.29 is 12.8 Å². The van der Waals surface area contributed by atoms with Crippen LogP contribution in [-0.4, -0.2) is 8.42 Å². The number of hydrogen-bond acceptors (Lipinski definition) is 3. The number of halogens is 1. The lowest BCUT2D eigenvalue weighted by Crippen LogP contribution is -2.10. The van der Waals surface area contributed by atoms with Crippen LogP contribution in [0.4, 0.5) is 4.39 Å². The molecule has 0 aliphatic heterocycles. The topological polar surface area (TPSA) is 57.9 Å². The molecule has 0 aliphatic rings. The molecule has 3 nitrogen and oxygen atoms in total. The number of nitrogens with zero attached hydrogens (tertiary/aromatic N) is 1. The number of rotatable bonds is 4. The van der Waals surface area contributed by atoms with E-state index < -0.39 is 21.4 Å². The molecular formula is C16H14FNO2S. The van der Waals surface area contributed by atoms with Crippen molar-refractivity contribution in [2.24, 2.45) is 0 Å². The van der Waals surface area contributed by atoms with Crippen LogP contribution in [0.5, 0.6) is 0 Å². The molecule has 0 radical (unpaired) electrons. The molecule has 0 spiro atoms. The van der Waals surface area contributed by atoms with E-state index in [2.05, 4.69) is 0 Å². The highest BCUT2D eigenvalue weighted by molar-refractivity contribution is 7.89. The third-order valence-electron chi connectivity index (χ3n) is 3.21. The number of hydrogen-bond donors (Lipinski definition) is 0. The van der Waals surface area contributed by atoms with E-state index in [0.29, 0.717) is 5.56 Å². The van der Waals surface area contributed by atoms with Crippen molar-refractivity contribution in [2.45, 2.75) is 18.4 Å². The van der Waals surface area contributed by atoms with E-state index in [9.17, 15) is 12.8 Å². The second kappa shape index (κ2) is 6.06. The van der Waals surface area contributed by atoms with Crippen molar-refractivity contribution in [1.82, 2.24) is 0 Å². The Bertz CT molecular complexity index is 807. The van der Waals surface area contributed by atoms with Crippen molar-refractivity contribution >= 4 is 9.84 Å². The Morgan fingerprint density at radius 1 is 1.05 bits per heavy atom. The van der Waals surface area contributed by atoms with Gasteiger partial charge < -0.3 is 0 Å². The Balaban J connectivity index is 2.27. The van der Waals surface area contributed by atoms with Crippen LogP contribution in [0.3, 0.4) is 0 Å². The van der Waals surface area contributed by atoms with Gasteiger partial charge in [0.1, 0.15) is 11.9 Å². The summed E-state index contributed by atoms with van der Waals surface area (Å²) in [5.41, 5.74) is 1.47. The highest BCUT2D eigenvalue weighted by atomic mass is 32.2. The second-order valence-corrected chi connectivity index (χ2v) is 6.91. The van der Waals surface area contributed by atoms with E-state index in [0.717, 1.165) is 5.56 Å². The zero-order valence-corrected chi connectivity index (χ0v) is 12.3. The molecule has 0 heterocycles. The van der Waals surface area contributed by atoms with Crippen molar-refractivity contribution in [3.8, 4) is 6.07 Å². The molecule has 108 valence electrons. The van der Waals surface area contributed by atoms with Gasteiger partial charge in [-0.05, 0) is 24.1 Å². The smallest absolute Gasteiger partial charge is 0.158 e. The van der Waals surface area contributed by atoms with Gasteiger partial charge in [-0.3, -0.25) is 0 Å². The van der Waals surface area contributed by atoms with Gasteiger partial charge in [0.15, 0.2) is 9.84 Å². The second-order valence-electron chi connectivity index (χ2n) is 4.85. The van der Waals surface area contributed by atoms with Gasteiger partial charge in [-0.25, -0.2) is 12.8 Å². The predicted octanol–water partition coefficient (Wildman–Crippen LogP) is 3.12. The fourth-order valence-corrected chi connectivity index (χ4v) is 3.67. The van der Waals surface area contributed by atoms with Crippen LogP contribution < -0.4 is 0 Å². The minimum Gasteiger partial charge on any atom is -0.228 e. The van der Waals surface area contributed by atoms with Gasteiger partial charge in [-0.2, -0.15) is 5.26 Å². The quantitative estimate of drug-likeness (QED) is 0.872. The lowest BCUT2D eigenvalue weighted by atomic mass is 10.1. The molecule has 0 saturated heterocycles. The molecular weight excluding hydrogens is 289 g/mol. The molecule has 0 amide bonds. The van der Waals surface area contributed by atoms with Gasteiger partial charge in [0.05, 0.1) is 17.1 Å². The van der Waals surface area contributed by atoms with Crippen molar-refractivity contribution in [3.63, 3.8) is 0 Å². The van der Waals surface area contributed by atoms with E-state index in [4.69, 9.17) is 5.26 Å². The summed E-state index contributed by atoms with van der Waals surface area (Å²) in [6.07, 6.45) is 0. The van der Waals surface area contributed by atoms with Gasteiger partial charge in [0, 0.05) is 5.56 Å². The van der Waals surface area contributed by atoms with Crippen molar-refractivity contribution in [1.29, 1.82) is 5.26 Å². The molecule has 2 aromatic rings. The maximum Gasteiger partial charge on any atom is 0.158 e. The average molecular weight is 303 g/mol. The molecule has 5 heteroatoms. The summed E-state index contributed by atoms with van der Waals surface area (Å²) in [5, 5.41) is 8.77. The molecule has 0 N–H and O–H groups in total. The van der Waals surface area contributed by atoms with Crippen LogP contribution in [0.15, 0.2) is 42.5 Å². The summed E-state index contributed by atoms with van der Waals surface area (Å²) in [5.74, 6) is -1.31. The highest BCUT2D eigenvalue weighted by Gasteiger charge is 2.18. The Morgan fingerprint density at radius 3 is 2.33 bits per heavy atom. The molecule has 0 saturated carbocycles. The minimum absolute atomic E-state index is 0.0302. The molecule has 0 atom stereocenters.